The first-order chi connectivity index (χ1) is 11.8. The molecule has 1 heterocycles. The summed E-state index contributed by atoms with van der Waals surface area (Å²) in [7, 11) is 0. The van der Waals surface area contributed by atoms with Crippen molar-refractivity contribution >= 4 is 29.5 Å². The number of hydrogen-bond donors (Lipinski definition) is 1. The molecule has 8 nitrogen and oxygen atoms in total. The minimum atomic E-state index is -0.774. The molecule has 0 saturated heterocycles. The third-order valence-corrected chi connectivity index (χ3v) is 3.93. The zero-order valence-corrected chi connectivity index (χ0v) is 14.6. The second kappa shape index (κ2) is 7.50. The molecule has 1 aromatic heterocycles. The number of furan rings is 1. The molecule has 0 bridgehead atoms. The van der Waals surface area contributed by atoms with E-state index >= 15 is 0 Å². The average molecular weight is 351 g/mol. The highest BCUT2D eigenvalue weighted by molar-refractivity contribution is 6.10. The van der Waals surface area contributed by atoms with E-state index in [2.05, 4.69) is 5.32 Å². The highest BCUT2D eigenvalue weighted by Gasteiger charge is 2.40. The lowest BCUT2D eigenvalue weighted by Gasteiger charge is -2.07. The fourth-order valence-electron chi connectivity index (χ4n) is 2.51. The minimum absolute atomic E-state index is 0.0533. The number of hydrogen-bond acceptors (Lipinski definition) is 7. The monoisotopic (exact) mass is 351 g/mol. The Labute approximate surface area is 144 Å². The standard InChI is InChI=1S/C17H21NO7/c1-5-23-17(22)14-13(9(3)19)10(4)25-15(14)18-12(20)7-24-16(21)11-6-8(11)2/h8,11H,5-7H2,1-4H3,(H,18,20)/t8-,11-/m1/s1. The fraction of sp³-hybridized carbons (Fsp3) is 0.529. The van der Waals surface area contributed by atoms with Gasteiger partial charge < -0.3 is 13.9 Å². The smallest absolute Gasteiger partial charge is 0.344 e. The van der Waals surface area contributed by atoms with Crippen LogP contribution in [0.5, 0.6) is 0 Å². The van der Waals surface area contributed by atoms with Gasteiger partial charge in [-0.15, -0.1) is 0 Å². The van der Waals surface area contributed by atoms with Crippen molar-refractivity contribution in [3.8, 4) is 0 Å². The predicted octanol–water partition coefficient (Wildman–Crippen LogP) is 2.11. The molecule has 1 N–H and O–H groups in total. The Hall–Kier alpha value is -2.64. The summed E-state index contributed by atoms with van der Waals surface area (Å²) in [5.74, 6) is -2.14. The van der Waals surface area contributed by atoms with Crippen LogP contribution in [0.4, 0.5) is 5.88 Å². The summed E-state index contributed by atoms with van der Waals surface area (Å²) < 4.78 is 15.2. The van der Waals surface area contributed by atoms with Crippen LogP contribution in [0.1, 0.15) is 53.7 Å². The van der Waals surface area contributed by atoms with Gasteiger partial charge in [-0.25, -0.2) is 4.79 Å². The van der Waals surface area contributed by atoms with Crippen molar-refractivity contribution < 1.29 is 33.1 Å². The van der Waals surface area contributed by atoms with E-state index in [4.69, 9.17) is 13.9 Å². The lowest BCUT2D eigenvalue weighted by atomic mass is 10.1. The number of Topliss-reactive ketones (excluding diaryl/α,β-unsaturated/α-hetero) is 1. The molecule has 1 amide bonds. The van der Waals surface area contributed by atoms with E-state index in [0.29, 0.717) is 0 Å². The number of anilines is 1. The summed E-state index contributed by atoms with van der Waals surface area (Å²) in [6.07, 6.45) is 0.757. The average Bonchev–Trinajstić information content (AvgIpc) is 3.16. The Morgan fingerprint density at radius 2 is 1.84 bits per heavy atom. The Morgan fingerprint density at radius 1 is 1.20 bits per heavy atom. The van der Waals surface area contributed by atoms with Crippen LogP contribution in [-0.2, 0) is 19.1 Å². The first kappa shape index (κ1) is 18.7. The molecule has 2 atom stereocenters. The number of nitrogens with one attached hydrogen (secondary N) is 1. The summed E-state index contributed by atoms with van der Waals surface area (Å²) in [6.45, 7) is 5.93. The van der Waals surface area contributed by atoms with Crippen molar-refractivity contribution in [3.05, 3.63) is 16.9 Å². The van der Waals surface area contributed by atoms with Gasteiger partial charge in [-0.3, -0.25) is 19.7 Å². The number of amides is 1. The van der Waals surface area contributed by atoms with Crippen molar-refractivity contribution in [2.75, 3.05) is 18.5 Å². The number of carbonyl (C=O) groups is 4. The van der Waals surface area contributed by atoms with Gasteiger partial charge in [-0.1, -0.05) is 6.92 Å². The van der Waals surface area contributed by atoms with Crippen LogP contribution in [0.2, 0.25) is 0 Å². The summed E-state index contributed by atoms with van der Waals surface area (Å²) in [4.78, 5) is 47.5. The highest BCUT2D eigenvalue weighted by Crippen LogP contribution is 2.38. The molecule has 25 heavy (non-hydrogen) atoms. The van der Waals surface area contributed by atoms with Crippen molar-refractivity contribution in [2.45, 2.75) is 34.1 Å². The molecule has 1 fully saturated rings. The molecule has 2 rings (SSSR count). The van der Waals surface area contributed by atoms with Crippen molar-refractivity contribution in [1.82, 2.24) is 0 Å². The molecule has 1 aromatic rings. The predicted molar refractivity (Wildman–Crippen MR) is 86.3 cm³/mol. The zero-order valence-electron chi connectivity index (χ0n) is 14.6. The Balaban J connectivity index is 2.11. The largest absolute Gasteiger partial charge is 0.462 e. The lowest BCUT2D eigenvalue weighted by molar-refractivity contribution is -0.148. The first-order valence-electron chi connectivity index (χ1n) is 8.04. The van der Waals surface area contributed by atoms with Crippen LogP contribution in [0.15, 0.2) is 4.42 Å². The molecule has 1 aliphatic rings. The number of rotatable bonds is 7. The van der Waals surface area contributed by atoms with Gasteiger partial charge in [0.2, 0.25) is 5.88 Å². The number of aryl methyl sites for hydroxylation is 1. The molecule has 1 saturated carbocycles. The van der Waals surface area contributed by atoms with E-state index in [-0.39, 0.29) is 47.0 Å². The molecule has 0 unspecified atom stereocenters. The Morgan fingerprint density at radius 3 is 2.36 bits per heavy atom. The molecule has 0 radical (unpaired) electrons. The van der Waals surface area contributed by atoms with Crippen LogP contribution in [0.3, 0.4) is 0 Å². The van der Waals surface area contributed by atoms with E-state index in [1.165, 1.54) is 13.8 Å². The lowest BCUT2D eigenvalue weighted by Crippen LogP contribution is -2.23. The van der Waals surface area contributed by atoms with Crippen LogP contribution in [0, 0.1) is 18.8 Å². The summed E-state index contributed by atoms with van der Waals surface area (Å²) in [6, 6.07) is 0. The SMILES string of the molecule is CCOC(=O)c1c(NC(=O)COC(=O)[C@@H]2C[C@H]2C)oc(C)c1C(C)=O. The van der Waals surface area contributed by atoms with Crippen LogP contribution in [-0.4, -0.2) is 36.8 Å². The van der Waals surface area contributed by atoms with Gasteiger partial charge in [0, 0.05) is 0 Å². The van der Waals surface area contributed by atoms with E-state index in [1.807, 2.05) is 6.92 Å². The molecule has 0 aliphatic heterocycles. The minimum Gasteiger partial charge on any atom is -0.462 e. The summed E-state index contributed by atoms with van der Waals surface area (Å²) in [5.41, 5.74) is -0.0834. The quantitative estimate of drug-likeness (QED) is 0.591. The van der Waals surface area contributed by atoms with Gasteiger partial charge in [0.1, 0.15) is 11.3 Å². The van der Waals surface area contributed by atoms with Gasteiger partial charge in [0.05, 0.1) is 18.1 Å². The van der Waals surface area contributed by atoms with E-state index in [9.17, 15) is 19.2 Å². The maximum atomic E-state index is 12.1. The molecular weight excluding hydrogens is 330 g/mol. The van der Waals surface area contributed by atoms with Crippen molar-refractivity contribution in [3.63, 3.8) is 0 Å². The molecule has 8 heteroatoms. The van der Waals surface area contributed by atoms with Crippen LogP contribution < -0.4 is 5.32 Å². The second-order valence-corrected chi connectivity index (χ2v) is 5.99. The molecule has 136 valence electrons. The van der Waals surface area contributed by atoms with Crippen molar-refractivity contribution in [1.29, 1.82) is 0 Å². The van der Waals surface area contributed by atoms with Gasteiger partial charge in [0.15, 0.2) is 12.4 Å². The molecular formula is C17H21NO7. The van der Waals surface area contributed by atoms with Crippen LogP contribution in [0.25, 0.3) is 0 Å². The van der Waals surface area contributed by atoms with Crippen molar-refractivity contribution in [2.24, 2.45) is 11.8 Å². The van der Waals surface area contributed by atoms with Gasteiger partial charge in [-0.2, -0.15) is 0 Å². The third kappa shape index (κ3) is 4.26. The summed E-state index contributed by atoms with van der Waals surface area (Å²) >= 11 is 0. The fourth-order valence-corrected chi connectivity index (χ4v) is 2.51. The third-order valence-electron chi connectivity index (χ3n) is 3.93. The Kier molecular flexibility index (Phi) is 5.61. The Bertz CT molecular complexity index is 719. The van der Waals surface area contributed by atoms with Gasteiger partial charge in [-0.05, 0) is 33.1 Å². The van der Waals surface area contributed by atoms with E-state index < -0.39 is 24.5 Å². The first-order valence-corrected chi connectivity index (χ1v) is 8.04. The zero-order chi connectivity index (χ0) is 18.7. The maximum absolute atomic E-state index is 12.1. The number of ether oxygens (including phenoxy) is 2. The normalized spacial score (nSPS) is 18.4. The number of carbonyl (C=O) groups excluding carboxylic acids is 4. The number of esters is 2. The van der Waals surface area contributed by atoms with Gasteiger partial charge in [0.25, 0.3) is 5.91 Å². The highest BCUT2D eigenvalue weighted by atomic mass is 16.5. The van der Waals surface area contributed by atoms with Crippen LogP contribution >= 0.6 is 0 Å². The van der Waals surface area contributed by atoms with E-state index in [1.54, 1.807) is 6.92 Å². The molecule has 0 spiro atoms. The summed E-state index contributed by atoms with van der Waals surface area (Å²) in [5, 5.41) is 2.36. The van der Waals surface area contributed by atoms with Gasteiger partial charge >= 0.3 is 11.9 Å². The number of ketones is 1. The molecule has 1 aliphatic carbocycles. The van der Waals surface area contributed by atoms with E-state index in [0.717, 1.165) is 6.42 Å². The maximum Gasteiger partial charge on any atom is 0.344 e. The second-order valence-electron chi connectivity index (χ2n) is 5.99. The topological polar surface area (TPSA) is 112 Å². The molecule has 0 aromatic carbocycles.